The van der Waals surface area contributed by atoms with Gasteiger partial charge in [0.05, 0.1) is 5.39 Å². The largest absolute Gasteiger partial charge is 0.356 e. The molecule has 3 nitrogen and oxygen atoms in total. The molecule has 1 atom stereocenters. The Kier molecular flexibility index (Phi) is 4.27. The van der Waals surface area contributed by atoms with E-state index in [2.05, 4.69) is 18.7 Å². The zero-order chi connectivity index (χ0) is 15.8. The zero-order valence-electron chi connectivity index (χ0n) is 14.4. The minimum absolute atomic E-state index is 0.818. The summed E-state index contributed by atoms with van der Waals surface area (Å²) in [6.07, 6.45) is 9.79. The highest BCUT2D eigenvalue weighted by atomic mass is 32.1. The molecule has 0 amide bonds. The number of hydrogen-bond acceptors (Lipinski definition) is 4. The Morgan fingerprint density at radius 1 is 1.22 bits per heavy atom. The second kappa shape index (κ2) is 6.39. The fourth-order valence-electron chi connectivity index (χ4n) is 3.97. The fourth-order valence-corrected chi connectivity index (χ4v) is 5.37. The average molecular weight is 330 g/mol. The minimum Gasteiger partial charge on any atom is -0.356 e. The number of rotatable bonds is 4. The van der Waals surface area contributed by atoms with Crippen molar-refractivity contribution in [3.8, 4) is 0 Å². The lowest BCUT2D eigenvalue weighted by Gasteiger charge is -2.21. The molecule has 0 aromatic carbocycles. The van der Waals surface area contributed by atoms with Crippen molar-refractivity contribution in [3.05, 3.63) is 16.3 Å². The molecule has 0 radical (unpaired) electrons. The van der Waals surface area contributed by atoms with Crippen LogP contribution in [0.4, 0.5) is 5.82 Å². The molecule has 1 aliphatic carbocycles. The molecule has 4 heteroatoms. The Morgan fingerprint density at radius 2 is 2.04 bits per heavy atom. The summed E-state index contributed by atoms with van der Waals surface area (Å²) < 4.78 is 0. The number of anilines is 1. The minimum atomic E-state index is 0.818. The van der Waals surface area contributed by atoms with Gasteiger partial charge >= 0.3 is 0 Å². The topological polar surface area (TPSA) is 29.0 Å². The highest BCUT2D eigenvalue weighted by Crippen LogP contribution is 2.41. The molecular weight excluding hydrogens is 302 g/mol. The van der Waals surface area contributed by atoms with E-state index in [4.69, 9.17) is 9.97 Å². The van der Waals surface area contributed by atoms with E-state index < -0.39 is 0 Å². The Hall–Kier alpha value is -1.16. The van der Waals surface area contributed by atoms with Gasteiger partial charge in [-0.05, 0) is 50.0 Å². The molecule has 1 fully saturated rings. The molecule has 124 valence electrons. The van der Waals surface area contributed by atoms with Gasteiger partial charge in [0.2, 0.25) is 0 Å². The van der Waals surface area contributed by atoms with Crippen molar-refractivity contribution in [1.29, 1.82) is 0 Å². The van der Waals surface area contributed by atoms with Crippen LogP contribution in [0.5, 0.6) is 0 Å². The van der Waals surface area contributed by atoms with Gasteiger partial charge in [-0.1, -0.05) is 20.3 Å². The molecule has 0 bridgehead atoms. The normalized spacial score (nSPS) is 21.1. The van der Waals surface area contributed by atoms with Gasteiger partial charge in [0, 0.05) is 24.4 Å². The molecule has 4 rings (SSSR count). The van der Waals surface area contributed by atoms with Crippen LogP contribution < -0.4 is 4.90 Å². The van der Waals surface area contributed by atoms with Crippen LogP contribution in [0.2, 0.25) is 0 Å². The monoisotopic (exact) mass is 329 g/mol. The maximum absolute atomic E-state index is 5.04. The number of aryl methyl sites for hydroxylation is 2. The van der Waals surface area contributed by atoms with Gasteiger partial charge in [0.15, 0.2) is 0 Å². The molecule has 1 unspecified atom stereocenters. The lowest BCUT2D eigenvalue weighted by atomic mass is 9.89. The van der Waals surface area contributed by atoms with Crippen molar-refractivity contribution in [2.75, 3.05) is 18.0 Å². The Labute approximate surface area is 143 Å². The molecule has 1 saturated heterocycles. The first kappa shape index (κ1) is 15.4. The Bertz CT molecular complexity index is 700. The molecule has 0 saturated carbocycles. The van der Waals surface area contributed by atoms with Gasteiger partial charge in [-0.3, -0.25) is 0 Å². The quantitative estimate of drug-likeness (QED) is 0.810. The lowest BCUT2D eigenvalue weighted by Crippen LogP contribution is -2.21. The van der Waals surface area contributed by atoms with E-state index in [1.54, 1.807) is 10.4 Å². The van der Waals surface area contributed by atoms with Gasteiger partial charge in [-0.2, -0.15) is 0 Å². The first-order valence-corrected chi connectivity index (χ1v) is 10.1. The number of hydrogen-bond donors (Lipinski definition) is 0. The van der Waals surface area contributed by atoms with Crippen LogP contribution >= 0.6 is 11.3 Å². The van der Waals surface area contributed by atoms with Gasteiger partial charge in [-0.15, -0.1) is 11.3 Å². The van der Waals surface area contributed by atoms with Gasteiger partial charge in [0.25, 0.3) is 0 Å². The van der Waals surface area contributed by atoms with Crippen molar-refractivity contribution in [1.82, 2.24) is 9.97 Å². The van der Waals surface area contributed by atoms with Crippen molar-refractivity contribution < 1.29 is 0 Å². The molecular formula is C19H27N3S. The highest BCUT2D eigenvalue weighted by molar-refractivity contribution is 7.19. The van der Waals surface area contributed by atoms with Gasteiger partial charge in [0.1, 0.15) is 16.5 Å². The van der Waals surface area contributed by atoms with E-state index in [1.165, 1.54) is 74.1 Å². The standard InChI is InChI=1S/C19H27N3S/c1-3-4-7-16-20-18(22-10-5-6-11-22)17-14-9-8-13(2)12-15(14)23-19(17)21-16/h13H,3-12H2,1-2H3. The SMILES string of the molecule is CCCCc1nc(N2CCCC2)c2c3c(sc2n1)CC(C)CC3. The smallest absolute Gasteiger partial charge is 0.141 e. The summed E-state index contributed by atoms with van der Waals surface area (Å²) in [4.78, 5) is 15.4. The number of unbranched alkanes of at least 4 members (excludes halogenated alkanes) is 1. The predicted molar refractivity (Wildman–Crippen MR) is 98.7 cm³/mol. The van der Waals surface area contributed by atoms with Crippen molar-refractivity contribution in [2.24, 2.45) is 5.92 Å². The second-order valence-corrected chi connectivity index (χ2v) is 8.38. The molecule has 3 heterocycles. The molecule has 23 heavy (non-hydrogen) atoms. The van der Waals surface area contributed by atoms with E-state index in [0.717, 1.165) is 18.2 Å². The molecule has 1 aliphatic heterocycles. The summed E-state index contributed by atoms with van der Waals surface area (Å²) in [7, 11) is 0. The van der Waals surface area contributed by atoms with Crippen LogP contribution in [0, 0.1) is 5.92 Å². The number of thiophene rings is 1. The predicted octanol–water partition coefficient (Wildman–Crippen LogP) is 4.76. The summed E-state index contributed by atoms with van der Waals surface area (Å²) in [6, 6.07) is 0. The van der Waals surface area contributed by atoms with E-state index in [1.807, 2.05) is 11.3 Å². The first-order valence-electron chi connectivity index (χ1n) is 9.32. The van der Waals surface area contributed by atoms with Crippen LogP contribution in [-0.2, 0) is 19.3 Å². The molecule has 0 spiro atoms. The maximum atomic E-state index is 5.04. The number of fused-ring (bicyclic) bond motifs is 3. The molecule has 2 aromatic rings. The van der Waals surface area contributed by atoms with Crippen LogP contribution in [0.3, 0.4) is 0 Å². The third kappa shape index (κ3) is 2.86. The fraction of sp³-hybridized carbons (Fsp3) is 0.684. The molecule has 2 aliphatic rings. The van der Waals surface area contributed by atoms with E-state index in [0.29, 0.717) is 0 Å². The number of aromatic nitrogens is 2. The maximum Gasteiger partial charge on any atom is 0.141 e. The van der Waals surface area contributed by atoms with Crippen molar-refractivity contribution in [2.45, 2.75) is 65.2 Å². The third-order valence-corrected chi connectivity index (χ3v) is 6.49. The summed E-state index contributed by atoms with van der Waals surface area (Å²) in [5.74, 6) is 3.14. The second-order valence-electron chi connectivity index (χ2n) is 7.29. The third-order valence-electron chi connectivity index (χ3n) is 5.34. The summed E-state index contributed by atoms with van der Waals surface area (Å²) in [5.41, 5.74) is 1.58. The molecule has 0 N–H and O–H groups in total. The first-order chi connectivity index (χ1) is 11.3. The van der Waals surface area contributed by atoms with E-state index >= 15 is 0 Å². The highest BCUT2D eigenvalue weighted by Gasteiger charge is 2.26. The van der Waals surface area contributed by atoms with E-state index in [9.17, 15) is 0 Å². The van der Waals surface area contributed by atoms with Gasteiger partial charge in [-0.25, -0.2) is 9.97 Å². The van der Waals surface area contributed by atoms with Crippen LogP contribution in [0.25, 0.3) is 10.2 Å². The zero-order valence-corrected chi connectivity index (χ0v) is 15.2. The average Bonchev–Trinajstić information content (AvgIpc) is 3.18. The van der Waals surface area contributed by atoms with Crippen molar-refractivity contribution >= 4 is 27.4 Å². The lowest BCUT2D eigenvalue weighted by molar-refractivity contribution is 0.509. The van der Waals surface area contributed by atoms with E-state index in [-0.39, 0.29) is 0 Å². The van der Waals surface area contributed by atoms with Crippen LogP contribution in [0.1, 0.15) is 62.2 Å². The molecule has 2 aromatic heterocycles. The summed E-state index contributed by atoms with van der Waals surface area (Å²) in [5, 5.41) is 1.40. The van der Waals surface area contributed by atoms with Crippen LogP contribution in [0.15, 0.2) is 0 Å². The van der Waals surface area contributed by atoms with Crippen LogP contribution in [-0.4, -0.2) is 23.1 Å². The van der Waals surface area contributed by atoms with Crippen molar-refractivity contribution in [3.63, 3.8) is 0 Å². The van der Waals surface area contributed by atoms with Gasteiger partial charge < -0.3 is 4.90 Å². The summed E-state index contributed by atoms with van der Waals surface area (Å²) >= 11 is 1.95. The Morgan fingerprint density at radius 3 is 2.83 bits per heavy atom. The summed E-state index contributed by atoms with van der Waals surface area (Å²) in [6.45, 7) is 6.96. The number of nitrogens with zero attached hydrogens (tertiary/aromatic N) is 3. The Balaban J connectivity index is 1.84.